The standard InChI is InChI=1S/C13H18O2/c1-2-3-4-7-11(10-14)12-8-5-6-9-13(12)15/h5-6,8-11,15H,2-4,7H2,1H3. The van der Waals surface area contributed by atoms with Gasteiger partial charge in [0.2, 0.25) is 0 Å². The van der Waals surface area contributed by atoms with E-state index >= 15 is 0 Å². The summed E-state index contributed by atoms with van der Waals surface area (Å²) < 4.78 is 0. The number of hydrogen-bond acceptors (Lipinski definition) is 2. The number of carbonyl (C=O) groups excluding carboxylic acids is 1. The van der Waals surface area contributed by atoms with Gasteiger partial charge in [-0.15, -0.1) is 0 Å². The Morgan fingerprint density at radius 3 is 2.67 bits per heavy atom. The molecule has 1 aromatic carbocycles. The predicted octanol–water partition coefficient (Wildman–Crippen LogP) is 3.26. The second-order valence-electron chi connectivity index (χ2n) is 3.80. The summed E-state index contributed by atoms with van der Waals surface area (Å²) in [5, 5.41) is 9.61. The molecule has 15 heavy (non-hydrogen) atoms. The van der Waals surface area contributed by atoms with Crippen LogP contribution in [0.15, 0.2) is 24.3 Å². The van der Waals surface area contributed by atoms with E-state index in [0.717, 1.165) is 37.5 Å². The molecule has 1 rings (SSSR count). The lowest BCUT2D eigenvalue weighted by Gasteiger charge is -2.11. The average molecular weight is 206 g/mol. The minimum Gasteiger partial charge on any atom is -0.508 e. The molecule has 1 N–H and O–H groups in total. The number of aldehydes is 1. The number of aromatic hydroxyl groups is 1. The lowest BCUT2D eigenvalue weighted by atomic mass is 9.94. The molecule has 0 aliphatic heterocycles. The molecule has 2 nitrogen and oxygen atoms in total. The van der Waals surface area contributed by atoms with Crippen LogP contribution < -0.4 is 0 Å². The number of carbonyl (C=O) groups is 1. The molecule has 0 heterocycles. The lowest BCUT2D eigenvalue weighted by molar-refractivity contribution is -0.109. The molecule has 1 aromatic rings. The molecule has 0 spiro atoms. The molecule has 0 radical (unpaired) electrons. The molecule has 82 valence electrons. The van der Waals surface area contributed by atoms with E-state index in [4.69, 9.17) is 0 Å². The summed E-state index contributed by atoms with van der Waals surface area (Å²) in [5.41, 5.74) is 0.753. The summed E-state index contributed by atoms with van der Waals surface area (Å²) in [7, 11) is 0. The van der Waals surface area contributed by atoms with Crippen LogP contribution in [0.25, 0.3) is 0 Å². The molecule has 0 aliphatic carbocycles. The Bertz CT molecular complexity index is 307. The van der Waals surface area contributed by atoms with Crippen LogP contribution >= 0.6 is 0 Å². The highest BCUT2D eigenvalue weighted by atomic mass is 16.3. The van der Waals surface area contributed by atoms with E-state index in [-0.39, 0.29) is 11.7 Å². The number of hydrogen-bond donors (Lipinski definition) is 1. The molecule has 1 atom stereocenters. The molecule has 2 heteroatoms. The fraction of sp³-hybridized carbons (Fsp3) is 0.462. The van der Waals surface area contributed by atoms with Crippen molar-refractivity contribution in [3.05, 3.63) is 29.8 Å². The Balaban J connectivity index is 2.66. The lowest BCUT2D eigenvalue weighted by Crippen LogP contribution is -2.00. The zero-order valence-electron chi connectivity index (χ0n) is 9.15. The van der Waals surface area contributed by atoms with Crippen molar-refractivity contribution < 1.29 is 9.90 Å². The van der Waals surface area contributed by atoms with Gasteiger partial charge in [-0.3, -0.25) is 0 Å². The number of benzene rings is 1. The van der Waals surface area contributed by atoms with E-state index in [9.17, 15) is 9.90 Å². The predicted molar refractivity (Wildman–Crippen MR) is 61.1 cm³/mol. The Labute approximate surface area is 90.9 Å². The van der Waals surface area contributed by atoms with Crippen molar-refractivity contribution in [3.8, 4) is 5.75 Å². The fourth-order valence-electron chi connectivity index (χ4n) is 1.71. The Morgan fingerprint density at radius 1 is 1.33 bits per heavy atom. The first-order valence-electron chi connectivity index (χ1n) is 5.52. The number of unbranched alkanes of at least 4 members (excludes halogenated alkanes) is 2. The van der Waals surface area contributed by atoms with Gasteiger partial charge >= 0.3 is 0 Å². The van der Waals surface area contributed by atoms with Crippen molar-refractivity contribution in [2.45, 2.75) is 38.5 Å². The summed E-state index contributed by atoms with van der Waals surface area (Å²) in [5.74, 6) is 0.0730. The van der Waals surface area contributed by atoms with Crippen LogP contribution in [0.5, 0.6) is 5.75 Å². The second kappa shape index (κ2) is 6.23. The monoisotopic (exact) mass is 206 g/mol. The summed E-state index contributed by atoms with van der Waals surface area (Å²) in [6, 6.07) is 7.07. The third-order valence-corrected chi connectivity index (χ3v) is 2.62. The Morgan fingerprint density at radius 2 is 2.07 bits per heavy atom. The van der Waals surface area contributed by atoms with Crippen LogP contribution in [-0.2, 0) is 4.79 Å². The maximum absolute atomic E-state index is 10.9. The van der Waals surface area contributed by atoms with Gasteiger partial charge in [0.05, 0.1) is 0 Å². The zero-order chi connectivity index (χ0) is 11.1. The third-order valence-electron chi connectivity index (χ3n) is 2.62. The number of phenolic OH excluding ortho intramolecular Hbond substituents is 1. The first-order chi connectivity index (χ1) is 7.29. The van der Waals surface area contributed by atoms with Crippen LogP contribution in [0.1, 0.15) is 44.1 Å². The highest BCUT2D eigenvalue weighted by Crippen LogP contribution is 2.27. The highest BCUT2D eigenvalue weighted by molar-refractivity contribution is 5.64. The zero-order valence-corrected chi connectivity index (χ0v) is 9.15. The molecule has 0 amide bonds. The first-order valence-corrected chi connectivity index (χ1v) is 5.52. The number of phenols is 1. The smallest absolute Gasteiger partial charge is 0.127 e. The van der Waals surface area contributed by atoms with E-state index in [1.165, 1.54) is 0 Å². The summed E-state index contributed by atoms with van der Waals surface area (Å²) in [6.45, 7) is 2.13. The molecule has 0 saturated heterocycles. The summed E-state index contributed by atoms with van der Waals surface area (Å²) in [6.07, 6.45) is 5.08. The topological polar surface area (TPSA) is 37.3 Å². The van der Waals surface area contributed by atoms with Crippen LogP contribution in [0.3, 0.4) is 0 Å². The van der Waals surface area contributed by atoms with Crippen molar-refractivity contribution in [2.75, 3.05) is 0 Å². The van der Waals surface area contributed by atoms with Gasteiger partial charge in [-0.1, -0.05) is 44.4 Å². The summed E-state index contributed by atoms with van der Waals surface area (Å²) >= 11 is 0. The molecule has 0 fully saturated rings. The molecule has 0 aromatic heterocycles. The molecule has 0 bridgehead atoms. The van der Waals surface area contributed by atoms with Gasteiger partial charge < -0.3 is 9.90 Å². The van der Waals surface area contributed by atoms with Gasteiger partial charge in [-0.2, -0.15) is 0 Å². The maximum atomic E-state index is 10.9. The van der Waals surface area contributed by atoms with Gasteiger partial charge in [-0.05, 0) is 12.5 Å². The van der Waals surface area contributed by atoms with Crippen molar-refractivity contribution in [3.63, 3.8) is 0 Å². The molecule has 1 unspecified atom stereocenters. The minimum atomic E-state index is -0.155. The highest BCUT2D eigenvalue weighted by Gasteiger charge is 2.13. The first kappa shape index (κ1) is 11.8. The molecule has 0 aliphatic rings. The molecular formula is C13H18O2. The van der Waals surface area contributed by atoms with Crippen LogP contribution in [0.2, 0.25) is 0 Å². The van der Waals surface area contributed by atoms with Crippen LogP contribution in [-0.4, -0.2) is 11.4 Å². The largest absolute Gasteiger partial charge is 0.508 e. The quantitative estimate of drug-likeness (QED) is 0.573. The third kappa shape index (κ3) is 3.39. The van der Waals surface area contributed by atoms with Gasteiger partial charge in [0.15, 0.2) is 0 Å². The van der Waals surface area contributed by atoms with Crippen LogP contribution in [0, 0.1) is 0 Å². The van der Waals surface area contributed by atoms with Crippen LogP contribution in [0.4, 0.5) is 0 Å². The average Bonchev–Trinajstić information content (AvgIpc) is 2.26. The Hall–Kier alpha value is -1.31. The van der Waals surface area contributed by atoms with Crippen molar-refractivity contribution in [2.24, 2.45) is 0 Å². The second-order valence-corrected chi connectivity index (χ2v) is 3.80. The minimum absolute atomic E-state index is 0.155. The SMILES string of the molecule is CCCCCC(C=O)c1ccccc1O. The Kier molecular flexibility index (Phi) is 4.88. The van der Waals surface area contributed by atoms with Gasteiger partial charge in [0, 0.05) is 11.5 Å². The van der Waals surface area contributed by atoms with Gasteiger partial charge in [0.1, 0.15) is 12.0 Å². The number of rotatable bonds is 6. The van der Waals surface area contributed by atoms with Crippen molar-refractivity contribution in [1.82, 2.24) is 0 Å². The fourth-order valence-corrected chi connectivity index (χ4v) is 1.71. The molecular weight excluding hydrogens is 188 g/mol. The normalized spacial score (nSPS) is 12.3. The maximum Gasteiger partial charge on any atom is 0.127 e. The van der Waals surface area contributed by atoms with E-state index in [0.29, 0.717) is 0 Å². The van der Waals surface area contributed by atoms with Gasteiger partial charge in [-0.25, -0.2) is 0 Å². The van der Waals surface area contributed by atoms with E-state index in [2.05, 4.69) is 6.92 Å². The summed E-state index contributed by atoms with van der Waals surface area (Å²) in [4.78, 5) is 10.9. The van der Waals surface area contributed by atoms with Crippen molar-refractivity contribution in [1.29, 1.82) is 0 Å². The molecule has 0 saturated carbocycles. The van der Waals surface area contributed by atoms with E-state index < -0.39 is 0 Å². The van der Waals surface area contributed by atoms with E-state index in [1.54, 1.807) is 12.1 Å². The van der Waals surface area contributed by atoms with E-state index in [1.807, 2.05) is 12.1 Å². The number of para-hydroxylation sites is 1. The van der Waals surface area contributed by atoms with Crippen molar-refractivity contribution >= 4 is 6.29 Å². The van der Waals surface area contributed by atoms with Gasteiger partial charge in [0.25, 0.3) is 0 Å².